The minimum Gasteiger partial charge on any atom is -0.325 e. The van der Waals surface area contributed by atoms with E-state index in [2.05, 4.69) is 0 Å². The first-order valence-corrected chi connectivity index (χ1v) is 3.99. The third-order valence-corrected chi connectivity index (χ3v) is 1.44. The molecule has 1 aliphatic heterocycles. The molecule has 0 saturated carbocycles. The second-order valence-electron chi connectivity index (χ2n) is 3.15. The highest BCUT2D eigenvalue weighted by atomic mass is 16.9. The van der Waals surface area contributed by atoms with Crippen LogP contribution in [0.2, 0.25) is 0 Å². The van der Waals surface area contributed by atoms with Crippen LogP contribution in [0.25, 0.3) is 0 Å². The predicted octanol–water partition coefficient (Wildman–Crippen LogP) is 0.701. The quantitative estimate of drug-likeness (QED) is 0.618. The number of carbonyl (C=O) groups excluding carboxylic acids is 1. The van der Waals surface area contributed by atoms with E-state index in [4.69, 9.17) is 14.2 Å². The van der Waals surface area contributed by atoms with Crippen LogP contribution in [0.5, 0.6) is 0 Å². The normalized spacial score (nSPS) is 23.2. The number of hydrogen-bond acceptors (Lipinski definition) is 4. The van der Waals surface area contributed by atoms with Gasteiger partial charge in [-0.2, -0.15) is 0 Å². The lowest BCUT2D eigenvalue weighted by Crippen LogP contribution is -2.45. The molecule has 0 radical (unpaired) electrons. The summed E-state index contributed by atoms with van der Waals surface area (Å²) in [6.45, 7) is 5.58. The molecule has 0 aromatic carbocycles. The van der Waals surface area contributed by atoms with Crippen LogP contribution < -0.4 is 0 Å². The Bertz CT molecular complexity index is 166. The number of ketones is 1. The molecule has 12 heavy (non-hydrogen) atoms. The Labute approximate surface area is 71.8 Å². The standard InChI is InChI=1S/C8H14O4/c1-6(2)12-8(3)10-4-7(9)5-11-8/h6H,4-5H2,1-3H3. The molecular weight excluding hydrogens is 160 g/mol. The van der Waals surface area contributed by atoms with Crippen molar-refractivity contribution in [3.63, 3.8) is 0 Å². The van der Waals surface area contributed by atoms with E-state index in [1.165, 1.54) is 0 Å². The van der Waals surface area contributed by atoms with Gasteiger partial charge < -0.3 is 14.2 Å². The fraction of sp³-hybridized carbons (Fsp3) is 0.875. The first-order valence-electron chi connectivity index (χ1n) is 3.99. The zero-order valence-corrected chi connectivity index (χ0v) is 7.62. The lowest BCUT2D eigenvalue weighted by atomic mass is 10.4. The van der Waals surface area contributed by atoms with E-state index >= 15 is 0 Å². The molecule has 0 spiro atoms. The topological polar surface area (TPSA) is 44.8 Å². The molecule has 0 aromatic rings. The van der Waals surface area contributed by atoms with Crippen LogP contribution in [0.15, 0.2) is 0 Å². The van der Waals surface area contributed by atoms with Crippen molar-refractivity contribution >= 4 is 5.78 Å². The van der Waals surface area contributed by atoms with E-state index in [0.717, 1.165) is 0 Å². The maximum atomic E-state index is 10.7. The maximum Gasteiger partial charge on any atom is 0.280 e. The van der Waals surface area contributed by atoms with Crippen molar-refractivity contribution in [2.24, 2.45) is 0 Å². The van der Waals surface area contributed by atoms with Gasteiger partial charge in [0, 0.05) is 6.92 Å². The first kappa shape index (κ1) is 9.64. The van der Waals surface area contributed by atoms with Crippen LogP contribution in [-0.4, -0.2) is 31.1 Å². The van der Waals surface area contributed by atoms with E-state index in [0.29, 0.717) is 0 Å². The zero-order valence-electron chi connectivity index (χ0n) is 7.62. The molecule has 1 aliphatic rings. The highest BCUT2D eigenvalue weighted by Gasteiger charge is 2.34. The summed E-state index contributed by atoms with van der Waals surface area (Å²) in [6, 6.07) is 0. The summed E-state index contributed by atoms with van der Waals surface area (Å²) in [5.41, 5.74) is 0. The predicted molar refractivity (Wildman–Crippen MR) is 41.5 cm³/mol. The molecule has 0 atom stereocenters. The molecule has 0 aromatic heterocycles. The SMILES string of the molecule is CC(C)OC1(C)OCC(=O)CO1. The number of Topliss-reactive ketones (excluding diaryl/α,β-unsaturated/α-hetero) is 1. The van der Waals surface area contributed by atoms with E-state index in [9.17, 15) is 4.79 Å². The number of ether oxygens (including phenoxy) is 3. The van der Waals surface area contributed by atoms with Gasteiger partial charge in [-0.15, -0.1) is 0 Å². The Morgan fingerprint density at radius 3 is 2.33 bits per heavy atom. The molecule has 70 valence electrons. The van der Waals surface area contributed by atoms with Crippen LogP contribution in [0, 0.1) is 0 Å². The first-order chi connectivity index (χ1) is 5.52. The molecule has 0 bridgehead atoms. The second kappa shape index (κ2) is 3.51. The molecule has 1 rings (SSSR count). The Morgan fingerprint density at radius 1 is 1.42 bits per heavy atom. The Hall–Kier alpha value is -0.450. The molecule has 1 fully saturated rings. The number of rotatable bonds is 2. The maximum absolute atomic E-state index is 10.7. The monoisotopic (exact) mass is 174 g/mol. The van der Waals surface area contributed by atoms with Crippen LogP contribution in [0.1, 0.15) is 20.8 Å². The van der Waals surface area contributed by atoms with Gasteiger partial charge in [-0.3, -0.25) is 4.79 Å². The largest absolute Gasteiger partial charge is 0.325 e. The summed E-state index contributed by atoms with van der Waals surface area (Å²) >= 11 is 0. The average molecular weight is 174 g/mol. The van der Waals surface area contributed by atoms with Gasteiger partial charge in [0.05, 0.1) is 6.10 Å². The van der Waals surface area contributed by atoms with Gasteiger partial charge in [0.1, 0.15) is 13.2 Å². The van der Waals surface area contributed by atoms with E-state index in [-0.39, 0.29) is 25.1 Å². The molecule has 0 amide bonds. The van der Waals surface area contributed by atoms with Crippen molar-refractivity contribution in [1.29, 1.82) is 0 Å². The van der Waals surface area contributed by atoms with Crippen LogP contribution in [-0.2, 0) is 19.0 Å². The van der Waals surface area contributed by atoms with Crippen molar-refractivity contribution in [3.8, 4) is 0 Å². The lowest BCUT2D eigenvalue weighted by Gasteiger charge is -2.33. The van der Waals surface area contributed by atoms with Gasteiger partial charge in [0.25, 0.3) is 5.97 Å². The minimum atomic E-state index is -1.04. The Morgan fingerprint density at radius 2 is 1.92 bits per heavy atom. The summed E-state index contributed by atoms with van der Waals surface area (Å²) in [4.78, 5) is 10.7. The number of hydrogen-bond donors (Lipinski definition) is 0. The van der Waals surface area contributed by atoms with Crippen molar-refractivity contribution in [1.82, 2.24) is 0 Å². The highest BCUT2D eigenvalue weighted by molar-refractivity contribution is 5.81. The van der Waals surface area contributed by atoms with E-state index in [1.54, 1.807) is 6.92 Å². The third-order valence-electron chi connectivity index (χ3n) is 1.44. The van der Waals surface area contributed by atoms with Crippen molar-refractivity contribution in [3.05, 3.63) is 0 Å². The summed E-state index contributed by atoms with van der Waals surface area (Å²) < 4.78 is 15.5. The molecule has 0 N–H and O–H groups in total. The fourth-order valence-electron chi connectivity index (χ4n) is 1.00. The molecule has 0 aliphatic carbocycles. The summed E-state index contributed by atoms with van der Waals surface area (Å²) in [7, 11) is 0. The van der Waals surface area contributed by atoms with Gasteiger partial charge in [-0.05, 0) is 13.8 Å². The molecule has 1 heterocycles. The Balaban J connectivity index is 2.44. The summed E-state index contributed by atoms with van der Waals surface area (Å²) in [6.07, 6.45) is 0.0169. The van der Waals surface area contributed by atoms with Crippen molar-refractivity contribution in [2.75, 3.05) is 13.2 Å². The molecular formula is C8H14O4. The smallest absolute Gasteiger partial charge is 0.280 e. The highest BCUT2D eigenvalue weighted by Crippen LogP contribution is 2.19. The zero-order chi connectivity index (χ0) is 9.19. The molecule has 0 unspecified atom stereocenters. The summed E-state index contributed by atoms with van der Waals surface area (Å²) in [5.74, 6) is -1.10. The van der Waals surface area contributed by atoms with Crippen LogP contribution in [0.3, 0.4) is 0 Å². The van der Waals surface area contributed by atoms with Crippen LogP contribution in [0.4, 0.5) is 0 Å². The van der Waals surface area contributed by atoms with Gasteiger partial charge >= 0.3 is 0 Å². The van der Waals surface area contributed by atoms with Gasteiger partial charge in [-0.1, -0.05) is 0 Å². The third kappa shape index (κ3) is 2.55. The molecule has 1 saturated heterocycles. The average Bonchev–Trinajstić information content (AvgIpc) is 1.94. The number of carbonyl (C=O) groups is 1. The molecule has 4 nitrogen and oxygen atoms in total. The van der Waals surface area contributed by atoms with Crippen molar-refractivity contribution in [2.45, 2.75) is 32.8 Å². The van der Waals surface area contributed by atoms with Crippen LogP contribution >= 0.6 is 0 Å². The fourth-order valence-corrected chi connectivity index (χ4v) is 1.00. The van der Waals surface area contributed by atoms with Gasteiger partial charge in [-0.25, -0.2) is 0 Å². The van der Waals surface area contributed by atoms with E-state index < -0.39 is 5.97 Å². The molecule has 4 heteroatoms. The Kier molecular flexibility index (Phi) is 2.82. The lowest BCUT2D eigenvalue weighted by molar-refractivity contribution is -0.385. The van der Waals surface area contributed by atoms with Crippen molar-refractivity contribution < 1.29 is 19.0 Å². The van der Waals surface area contributed by atoms with E-state index in [1.807, 2.05) is 13.8 Å². The minimum absolute atomic E-state index is 0.0169. The van der Waals surface area contributed by atoms with Gasteiger partial charge in [0.15, 0.2) is 5.78 Å². The second-order valence-corrected chi connectivity index (χ2v) is 3.15. The summed E-state index contributed by atoms with van der Waals surface area (Å²) in [5, 5.41) is 0. The van der Waals surface area contributed by atoms with Gasteiger partial charge in [0.2, 0.25) is 0 Å².